The first-order valence-corrected chi connectivity index (χ1v) is 13.7. The first-order valence-electron chi connectivity index (χ1n) is 13.7. The second-order valence-corrected chi connectivity index (χ2v) is 9.77. The number of aryl methyl sites for hydroxylation is 1. The molecule has 0 unspecified atom stereocenters. The van der Waals surface area contributed by atoms with Crippen LogP contribution in [0.3, 0.4) is 0 Å². The van der Waals surface area contributed by atoms with Gasteiger partial charge < -0.3 is 24.6 Å². The van der Waals surface area contributed by atoms with E-state index in [9.17, 15) is 9.18 Å². The highest BCUT2D eigenvalue weighted by molar-refractivity contribution is 6.08. The third-order valence-electron chi connectivity index (χ3n) is 6.71. The average molecular weight is 535 g/mol. The zero-order valence-corrected chi connectivity index (χ0v) is 22.8. The summed E-state index contributed by atoms with van der Waals surface area (Å²) in [5, 5.41) is 21.8. The topological polar surface area (TPSA) is 90.5 Å². The Morgan fingerprint density at radius 3 is 2.67 bits per heavy atom. The van der Waals surface area contributed by atoms with Crippen molar-refractivity contribution in [1.29, 1.82) is 5.26 Å². The quantitative estimate of drug-likeness (QED) is 0.169. The number of halogens is 1. The average Bonchev–Trinajstić information content (AvgIpc) is 3.30. The number of aromatic nitrogens is 1. The molecule has 3 rings (SSSR count). The third kappa shape index (κ3) is 8.95. The first kappa shape index (κ1) is 29.9. The van der Waals surface area contributed by atoms with Crippen molar-refractivity contribution in [1.82, 2.24) is 14.8 Å². The van der Waals surface area contributed by atoms with E-state index >= 15 is 0 Å². The Bertz CT molecular complexity index is 1280. The van der Waals surface area contributed by atoms with Gasteiger partial charge >= 0.3 is 0 Å². The molecule has 0 bridgehead atoms. The Balaban J connectivity index is 1.63. The van der Waals surface area contributed by atoms with Crippen molar-refractivity contribution in [2.24, 2.45) is 0 Å². The molecule has 0 fully saturated rings. The molecule has 8 heteroatoms. The van der Waals surface area contributed by atoms with Gasteiger partial charge in [0.2, 0.25) is 0 Å². The normalized spacial score (nSPS) is 11.1. The molecule has 0 aliphatic heterocycles. The van der Waals surface area contributed by atoms with Crippen LogP contribution in [-0.4, -0.2) is 46.7 Å². The molecule has 1 aromatic heterocycles. The number of nitrogens with zero attached hydrogens (tertiary/aromatic N) is 3. The van der Waals surface area contributed by atoms with Crippen LogP contribution in [0.15, 0.2) is 60.8 Å². The maximum absolute atomic E-state index is 13.5. The van der Waals surface area contributed by atoms with Crippen molar-refractivity contribution in [3.63, 3.8) is 0 Å². The number of amides is 1. The molecule has 1 amide bonds. The van der Waals surface area contributed by atoms with E-state index in [1.54, 1.807) is 36.7 Å². The molecular weight excluding hydrogens is 495 g/mol. The maximum Gasteiger partial charge on any atom is 0.292 e. The minimum atomic E-state index is -0.349. The molecule has 39 heavy (non-hydrogen) atoms. The summed E-state index contributed by atoms with van der Waals surface area (Å²) in [4.78, 5) is 15.5. The van der Waals surface area contributed by atoms with Crippen molar-refractivity contribution >= 4 is 16.8 Å². The summed E-state index contributed by atoms with van der Waals surface area (Å²) in [6.07, 6.45) is 9.10. The van der Waals surface area contributed by atoms with E-state index in [-0.39, 0.29) is 24.9 Å². The van der Waals surface area contributed by atoms with E-state index in [2.05, 4.69) is 23.7 Å². The van der Waals surface area contributed by atoms with Crippen LogP contribution in [0.25, 0.3) is 10.9 Å². The van der Waals surface area contributed by atoms with E-state index in [1.165, 1.54) is 17.7 Å². The van der Waals surface area contributed by atoms with E-state index < -0.39 is 0 Å². The van der Waals surface area contributed by atoms with Crippen LogP contribution >= 0.6 is 0 Å². The third-order valence-corrected chi connectivity index (χ3v) is 6.71. The lowest BCUT2D eigenvalue weighted by molar-refractivity contribution is 0.0952. The summed E-state index contributed by atoms with van der Waals surface area (Å²) in [7, 11) is 0. The number of fused-ring (bicyclic) bond motifs is 1. The second-order valence-electron chi connectivity index (χ2n) is 9.77. The Kier molecular flexibility index (Phi) is 12.0. The molecule has 0 aliphatic rings. The number of aliphatic hydroxyl groups excluding tert-OH is 1. The SMILES string of the molecule is C=C(CCCN(CCC)CCCO)CCCn1cc(C(=O)NCc2cccc(F)c2)c2cccc(OC#N)c21. The van der Waals surface area contributed by atoms with Gasteiger partial charge in [-0.2, -0.15) is 0 Å². The molecule has 1 heterocycles. The number of rotatable bonds is 17. The monoisotopic (exact) mass is 534 g/mol. The molecule has 0 spiro atoms. The number of aliphatic hydroxyl groups is 1. The molecule has 0 saturated heterocycles. The van der Waals surface area contributed by atoms with Crippen LogP contribution in [-0.2, 0) is 13.1 Å². The zero-order chi connectivity index (χ0) is 28.0. The molecule has 0 radical (unpaired) electrons. The number of benzene rings is 2. The Labute approximate surface area is 230 Å². The number of nitriles is 1. The summed E-state index contributed by atoms with van der Waals surface area (Å²) < 4.78 is 20.7. The Hall–Kier alpha value is -3.67. The van der Waals surface area contributed by atoms with Gasteiger partial charge in [0.25, 0.3) is 12.2 Å². The summed E-state index contributed by atoms with van der Waals surface area (Å²) in [6.45, 7) is 10.5. The number of nitrogens with one attached hydrogen (secondary N) is 1. The van der Waals surface area contributed by atoms with Gasteiger partial charge in [0, 0.05) is 37.8 Å². The molecule has 0 saturated carbocycles. The van der Waals surface area contributed by atoms with Crippen LogP contribution in [0.1, 0.15) is 61.4 Å². The predicted octanol–water partition coefficient (Wildman–Crippen LogP) is 5.78. The van der Waals surface area contributed by atoms with Crippen molar-refractivity contribution in [3.8, 4) is 12.0 Å². The van der Waals surface area contributed by atoms with Crippen LogP contribution < -0.4 is 10.1 Å². The molecule has 208 valence electrons. The number of carbonyl (C=O) groups excluding carboxylic acids is 1. The van der Waals surface area contributed by atoms with E-state index in [4.69, 9.17) is 15.1 Å². The number of allylic oxidation sites excluding steroid dienone is 1. The summed E-state index contributed by atoms with van der Waals surface area (Å²) in [5.41, 5.74) is 3.03. The molecular formula is C31H39FN4O3. The molecule has 3 aromatic rings. The smallest absolute Gasteiger partial charge is 0.292 e. The van der Waals surface area contributed by atoms with E-state index in [0.717, 1.165) is 58.2 Å². The lowest BCUT2D eigenvalue weighted by Crippen LogP contribution is -2.27. The number of ether oxygens (including phenoxy) is 1. The van der Waals surface area contributed by atoms with Gasteiger partial charge in [0.05, 0.1) is 11.1 Å². The summed E-state index contributed by atoms with van der Waals surface area (Å²) in [6, 6.07) is 11.4. The number of para-hydroxylation sites is 1. The van der Waals surface area contributed by atoms with E-state index in [0.29, 0.717) is 34.3 Å². The minimum absolute atomic E-state index is 0.202. The van der Waals surface area contributed by atoms with Gasteiger partial charge in [-0.3, -0.25) is 4.79 Å². The van der Waals surface area contributed by atoms with E-state index in [1.807, 2.05) is 10.6 Å². The highest BCUT2D eigenvalue weighted by Crippen LogP contribution is 2.31. The standard InChI is InChI=1S/C31H39FN4O3/c1-3-15-35(17-8-19-37)16-6-9-24(2)10-7-18-36-22-28(27-13-5-14-29(30(27)36)39-23-33)31(38)34-21-25-11-4-12-26(32)20-25/h4-5,11-14,20,22,37H,2-3,6-10,15-19,21H2,1H3,(H,34,38). The Morgan fingerprint density at radius 2 is 1.92 bits per heavy atom. The fourth-order valence-corrected chi connectivity index (χ4v) is 4.86. The second kappa shape index (κ2) is 15.7. The van der Waals surface area contributed by atoms with Crippen LogP contribution in [0, 0.1) is 17.3 Å². The van der Waals surface area contributed by atoms with Gasteiger partial charge in [0.1, 0.15) is 5.82 Å². The number of carbonyl (C=O) groups is 1. The van der Waals surface area contributed by atoms with Gasteiger partial charge in [-0.15, -0.1) is 5.26 Å². The largest absolute Gasteiger partial charge is 0.396 e. The fourth-order valence-electron chi connectivity index (χ4n) is 4.86. The molecule has 0 atom stereocenters. The highest BCUT2D eigenvalue weighted by atomic mass is 19.1. The van der Waals surface area contributed by atoms with Crippen molar-refractivity contribution in [2.75, 3.05) is 26.2 Å². The minimum Gasteiger partial charge on any atom is -0.396 e. The fraction of sp³-hybridized carbons (Fsp3) is 0.419. The summed E-state index contributed by atoms with van der Waals surface area (Å²) >= 11 is 0. The Morgan fingerprint density at radius 1 is 1.15 bits per heavy atom. The number of hydrogen-bond donors (Lipinski definition) is 2. The molecule has 2 aromatic carbocycles. The van der Waals surface area contributed by atoms with Crippen LogP contribution in [0.4, 0.5) is 4.39 Å². The predicted molar refractivity (Wildman–Crippen MR) is 152 cm³/mol. The first-order chi connectivity index (χ1) is 19.0. The van der Waals surface area contributed by atoms with Gasteiger partial charge in [0.15, 0.2) is 5.75 Å². The van der Waals surface area contributed by atoms with Crippen LogP contribution in [0.5, 0.6) is 5.75 Å². The molecule has 2 N–H and O–H groups in total. The molecule has 7 nitrogen and oxygen atoms in total. The lowest BCUT2D eigenvalue weighted by atomic mass is 10.1. The maximum atomic E-state index is 13.5. The zero-order valence-electron chi connectivity index (χ0n) is 22.8. The number of hydrogen-bond acceptors (Lipinski definition) is 5. The van der Waals surface area contributed by atoms with Crippen molar-refractivity contribution < 1.29 is 19.0 Å². The lowest BCUT2D eigenvalue weighted by Gasteiger charge is -2.21. The van der Waals surface area contributed by atoms with Crippen molar-refractivity contribution in [3.05, 3.63) is 77.8 Å². The van der Waals surface area contributed by atoms with Gasteiger partial charge in [-0.1, -0.05) is 43.3 Å². The summed E-state index contributed by atoms with van der Waals surface area (Å²) in [5.74, 6) is -0.227. The highest BCUT2D eigenvalue weighted by Gasteiger charge is 2.18. The molecule has 0 aliphatic carbocycles. The van der Waals surface area contributed by atoms with Gasteiger partial charge in [-0.05, 0) is 75.4 Å². The van der Waals surface area contributed by atoms with Crippen molar-refractivity contribution in [2.45, 2.75) is 58.5 Å². The van der Waals surface area contributed by atoms with Crippen LogP contribution in [0.2, 0.25) is 0 Å². The van der Waals surface area contributed by atoms with Gasteiger partial charge in [-0.25, -0.2) is 4.39 Å².